The van der Waals surface area contributed by atoms with Gasteiger partial charge in [0.25, 0.3) is 0 Å². The van der Waals surface area contributed by atoms with Crippen molar-refractivity contribution in [3.8, 4) is 0 Å². The quantitative estimate of drug-likeness (QED) is 0.602. The summed E-state index contributed by atoms with van der Waals surface area (Å²) < 4.78 is 0. The van der Waals surface area contributed by atoms with E-state index in [1.807, 2.05) is 0 Å². The molecule has 0 aromatic carbocycles. The van der Waals surface area contributed by atoms with Crippen molar-refractivity contribution in [1.29, 1.82) is 0 Å². The second kappa shape index (κ2) is 2.72. The molecule has 0 bridgehead atoms. The zero-order valence-corrected chi connectivity index (χ0v) is 7.06. The highest BCUT2D eigenvalue weighted by Crippen LogP contribution is 2.28. The Hall–Kier alpha value is -0.720. The monoisotopic (exact) mass is 149 g/mol. The Balaban J connectivity index is 2.17. The maximum Gasteiger partial charge on any atom is 0.0332 e. The Bertz CT molecular complexity index is 213. The van der Waals surface area contributed by atoms with E-state index in [0.717, 1.165) is 12.5 Å². The molecule has 0 spiro atoms. The van der Waals surface area contributed by atoms with Crippen molar-refractivity contribution in [2.45, 2.75) is 26.2 Å². The molecule has 1 unspecified atom stereocenters. The van der Waals surface area contributed by atoms with Crippen molar-refractivity contribution < 1.29 is 0 Å². The van der Waals surface area contributed by atoms with Gasteiger partial charge < -0.3 is 5.32 Å². The molecule has 0 amide bonds. The van der Waals surface area contributed by atoms with Crippen molar-refractivity contribution in [2.24, 2.45) is 5.92 Å². The molecule has 60 valence electrons. The SMILES string of the molecule is CCC1C=C2NCCC2=CC1. The third-order valence-electron chi connectivity index (χ3n) is 2.65. The van der Waals surface area contributed by atoms with Crippen LogP contribution in [-0.2, 0) is 0 Å². The van der Waals surface area contributed by atoms with Gasteiger partial charge in [-0.2, -0.15) is 0 Å². The van der Waals surface area contributed by atoms with Crippen LogP contribution in [0.2, 0.25) is 0 Å². The van der Waals surface area contributed by atoms with Gasteiger partial charge >= 0.3 is 0 Å². The van der Waals surface area contributed by atoms with Crippen LogP contribution in [0.1, 0.15) is 26.2 Å². The average molecular weight is 149 g/mol. The molecule has 2 rings (SSSR count). The predicted molar refractivity (Wildman–Crippen MR) is 47.2 cm³/mol. The summed E-state index contributed by atoms with van der Waals surface area (Å²) in [5.74, 6) is 0.791. The van der Waals surface area contributed by atoms with Crippen LogP contribution in [-0.4, -0.2) is 6.54 Å². The van der Waals surface area contributed by atoms with Crippen molar-refractivity contribution in [3.05, 3.63) is 23.4 Å². The highest BCUT2D eigenvalue weighted by molar-refractivity contribution is 5.36. The first-order valence-corrected chi connectivity index (χ1v) is 4.55. The summed E-state index contributed by atoms with van der Waals surface area (Å²) in [6, 6.07) is 0. The number of allylic oxidation sites excluding steroid dienone is 3. The van der Waals surface area contributed by atoms with Gasteiger partial charge in [-0.05, 0) is 30.8 Å². The Morgan fingerprint density at radius 3 is 3.36 bits per heavy atom. The zero-order chi connectivity index (χ0) is 7.68. The van der Waals surface area contributed by atoms with E-state index >= 15 is 0 Å². The minimum atomic E-state index is 0.791. The number of hydrogen-bond acceptors (Lipinski definition) is 1. The Morgan fingerprint density at radius 1 is 1.64 bits per heavy atom. The minimum Gasteiger partial charge on any atom is -0.385 e. The standard InChI is InChI=1S/C10H15N/c1-2-8-3-4-9-5-6-11-10(9)7-8/h4,7-8,11H,2-3,5-6H2,1H3. The zero-order valence-electron chi connectivity index (χ0n) is 7.06. The smallest absolute Gasteiger partial charge is 0.0332 e. The first-order valence-electron chi connectivity index (χ1n) is 4.55. The van der Waals surface area contributed by atoms with E-state index in [-0.39, 0.29) is 0 Å². The fourth-order valence-electron chi connectivity index (χ4n) is 1.84. The Labute approximate surface area is 68.2 Å². The molecule has 0 aromatic rings. The molecule has 0 aromatic heterocycles. The molecule has 1 aliphatic carbocycles. The van der Waals surface area contributed by atoms with Gasteiger partial charge in [-0.15, -0.1) is 0 Å². The molecule has 1 N–H and O–H groups in total. The Kier molecular flexibility index (Phi) is 1.72. The first kappa shape index (κ1) is 6.96. The molecule has 1 saturated heterocycles. The van der Waals surface area contributed by atoms with Gasteiger partial charge in [0.1, 0.15) is 0 Å². The second-order valence-electron chi connectivity index (χ2n) is 3.39. The molecular weight excluding hydrogens is 134 g/mol. The van der Waals surface area contributed by atoms with E-state index < -0.39 is 0 Å². The molecular formula is C10H15N. The lowest BCUT2D eigenvalue weighted by Crippen LogP contribution is -2.09. The molecule has 11 heavy (non-hydrogen) atoms. The molecule has 1 heterocycles. The maximum atomic E-state index is 3.42. The van der Waals surface area contributed by atoms with Gasteiger partial charge in [0.05, 0.1) is 0 Å². The highest BCUT2D eigenvalue weighted by Gasteiger charge is 2.17. The average Bonchev–Trinajstić information content (AvgIpc) is 2.50. The number of hydrogen-bond donors (Lipinski definition) is 1. The minimum absolute atomic E-state index is 0.791. The second-order valence-corrected chi connectivity index (χ2v) is 3.39. The van der Waals surface area contributed by atoms with Gasteiger partial charge in [0.2, 0.25) is 0 Å². The fraction of sp³-hybridized carbons (Fsp3) is 0.600. The van der Waals surface area contributed by atoms with Crippen LogP contribution >= 0.6 is 0 Å². The summed E-state index contributed by atoms with van der Waals surface area (Å²) in [4.78, 5) is 0. The highest BCUT2D eigenvalue weighted by atomic mass is 14.9. The third kappa shape index (κ3) is 1.20. The van der Waals surface area contributed by atoms with Crippen molar-refractivity contribution in [1.82, 2.24) is 5.32 Å². The van der Waals surface area contributed by atoms with E-state index in [1.165, 1.54) is 25.0 Å². The van der Waals surface area contributed by atoms with Gasteiger partial charge in [-0.3, -0.25) is 0 Å². The molecule has 1 nitrogen and oxygen atoms in total. The van der Waals surface area contributed by atoms with E-state index in [4.69, 9.17) is 0 Å². The van der Waals surface area contributed by atoms with E-state index in [1.54, 1.807) is 5.57 Å². The number of fused-ring (bicyclic) bond motifs is 1. The summed E-state index contributed by atoms with van der Waals surface area (Å²) in [5.41, 5.74) is 2.97. The largest absolute Gasteiger partial charge is 0.385 e. The van der Waals surface area contributed by atoms with Crippen LogP contribution in [0.15, 0.2) is 23.4 Å². The van der Waals surface area contributed by atoms with Gasteiger partial charge in [-0.25, -0.2) is 0 Å². The van der Waals surface area contributed by atoms with Crippen LogP contribution in [0.3, 0.4) is 0 Å². The summed E-state index contributed by atoms with van der Waals surface area (Å²) in [5, 5.41) is 3.42. The van der Waals surface area contributed by atoms with Crippen LogP contribution in [0, 0.1) is 5.92 Å². The van der Waals surface area contributed by atoms with Crippen molar-refractivity contribution in [2.75, 3.05) is 6.54 Å². The predicted octanol–water partition coefficient (Wildman–Crippen LogP) is 2.22. The number of nitrogens with one attached hydrogen (secondary N) is 1. The van der Waals surface area contributed by atoms with E-state index in [9.17, 15) is 0 Å². The fourth-order valence-corrected chi connectivity index (χ4v) is 1.84. The molecule has 1 aliphatic heterocycles. The first-order chi connectivity index (χ1) is 5.40. The lowest BCUT2D eigenvalue weighted by Gasteiger charge is -2.15. The lowest BCUT2D eigenvalue weighted by molar-refractivity contribution is 0.621. The van der Waals surface area contributed by atoms with Crippen LogP contribution in [0.25, 0.3) is 0 Å². The van der Waals surface area contributed by atoms with Gasteiger partial charge in [0, 0.05) is 12.2 Å². The van der Waals surface area contributed by atoms with Crippen LogP contribution in [0.5, 0.6) is 0 Å². The van der Waals surface area contributed by atoms with Gasteiger partial charge in [0.15, 0.2) is 0 Å². The topological polar surface area (TPSA) is 12.0 Å². The molecule has 0 saturated carbocycles. The third-order valence-corrected chi connectivity index (χ3v) is 2.65. The lowest BCUT2D eigenvalue weighted by atomic mass is 9.93. The van der Waals surface area contributed by atoms with E-state index in [2.05, 4.69) is 24.4 Å². The van der Waals surface area contributed by atoms with Crippen LogP contribution in [0.4, 0.5) is 0 Å². The molecule has 0 radical (unpaired) electrons. The summed E-state index contributed by atoms with van der Waals surface area (Å²) in [6.45, 7) is 3.41. The Morgan fingerprint density at radius 2 is 2.55 bits per heavy atom. The maximum absolute atomic E-state index is 3.42. The van der Waals surface area contributed by atoms with Crippen molar-refractivity contribution in [3.63, 3.8) is 0 Å². The summed E-state index contributed by atoms with van der Waals surface area (Å²) in [6.07, 6.45) is 8.58. The van der Waals surface area contributed by atoms with E-state index in [0.29, 0.717) is 0 Å². The molecule has 1 fully saturated rings. The van der Waals surface area contributed by atoms with Crippen molar-refractivity contribution >= 4 is 0 Å². The number of rotatable bonds is 1. The summed E-state index contributed by atoms with van der Waals surface area (Å²) in [7, 11) is 0. The molecule has 1 atom stereocenters. The normalized spacial score (nSPS) is 28.6. The van der Waals surface area contributed by atoms with Gasteiger partial charge in [-0.1, -0.05) is 19.1 Å². The van der Waals surface area contributed by atoms with Crippen LogP contribution < -0.4 is 5.32 Å². The summed E-state index contributed by atoms with van der Waals surface area (Å²) >= 11 is 0. The molecule has 1 heteroatoms. The molecule has 2 aliphatic rings.